The number of rotatable bonds is 8. The van der Waals surface area contributed by atoms with E-state index in [1.54, 1.807) is 14.2 Å². The number of hydrogen-bond donors (Lipinski definition) is 2. The Kier molecular flexibility index (Phi) is 9.10. The van der Waals surface area contributed by atoms with Gasteiger partial charge in [-0.15, -0.1) is 0 Å². The van der Waals surface area contributed by atoms with Crippen molar-refractivity contribution < 1.29 is 9.47 Å². The monoisotopic (exact) mass is 362 g/mol. The van der Waals surface area contributed by atoms with E-state index in [2.05, 4.69) is 22.5 Å². The molecule has 6 heteroatoms. The number of ether oxygens (including phenoxy) is 2. The van der Waals surface area contributed by atoms with E-state index in [-0.39, 0.29) is 0 Å². The summed E-state index contributed by atoms with van der Waals surface area (Å²) in [7, 11) is 3.33. The lowest BCUT2D eigenvalue weighted by molar-refractivity contribution is 0.289. The van der Waals surface area contributed by atoms with Gasteiger partial charge in [0.15, 0.2) is 5.96 Å². The normalized spacial score (nSPS) is 16.0. The third-order valence-corrected chi connectivity index (χ3v) is 4.67. The summed E-state index contributed by atoms with van der Waals surface area (Å²) in [6, 6.07) is 5.83. The molecule has 1 aliphatic rings. The number of guanidine groups is 1. The molecule has 2 N–H and O–H groups in total. The van der Waals surface area contributed by atoms with E-state index in [9.17, 15) is 0 Å². The third kappa shape index (κ3) is 6.75. The van der Waals surface area contributed by atoms with Crippen LogP contribution in [-0.2, 0) is 6.54 Å². The van der Waals surface area contributed by atoms with Crippen molar-refractivity contribution in [2.24, 2.45) is 4.99 Å². The molecule has 0 unspecified atom stereocenters. The lowest BCUT2D eigenvalue weighted by Gasteiger charge is -2.20. The molecule has 1 aromatic rings. The SMILES string of the molecule is CCNC(=NCc1ccc(OC)cc1OC)NCCN1CCCCCC1. The first-order chi connectivity index (χ1) is 12.8. The predicted octanol–water partition coefficient (Wildman–Crippen LogP) is 2.63. The van der Waals surface area contributed by atoms with Crippen LogP contribution in [0.3, 0.4) is 0 Å². The summed E-state index contributed by atoms with van der Waals surface area (Å²) < 4.78 is 10.7. The molecule has 1 fully saturated rings. The molecule has 0 radical (unpaired) electrons. The zero-order valence-electron chi connectivity index (χ0n) is 16.5. The van der Waals surface area contributed by atoms with E-state index < -0.39 is 0 Å². The van der Waals surface area contributed by atoms with Gasteiger partial charge in [0.1, 0.15) is 11.5 Å². The molecule has 26 heavy (non-hydrogen) atoms. The number of hydrogen-bond acceptors (Lipinski definition) is 4. The highest BCUT2D eigenvalue weighted by molar-refractivity contribution is 5.79. The fourth-order valence-electron chi connectivity index (χ4n) is 3.18. The number of nitrogens with zero attached hydrogens (tertiary/aromatic N) is 2. The van der Waals surface area contributed by atoms with E-state index in [1.807, 2.05) is 18.2 Å². The highest BCUT2D eigenvalue weighted by Crippen LogP contribution is 2.25. The van der Waals surface area contributed by atoms with Crippen molar-refractivity contribution in [3.8, 4) is 11.5 Å². The number of likely N-dealkylation sites (tertiary alicyclic amines) is 1. The van der Waals surface area contributed by atoms with Crippen LogP contribution in [0.25, 0.3) is 0 Å². The molecular formula is C20H34N4O2. The summed E-state index contributed by atoms with van der Waals surface area (Å²) >= 11 is 0. The van der Waals surface area contributed by atoms with Crippen LogP contribution in [0.15, 0.2) is 23.2 Å². The van der Waals surface area contributed by atoms with Gasteiger partial charge in [0, 0.05) is 31.3 Å². The smallest absolute Gasteiger partial charge is 0.191 e. The Morgan fingerprint density at radius 3 is 2.50 bits per heavy atom. The Labute approximate surface area is 158 Å². The molecule has 0 aromatic heterocycles. The minimum absolute atomic E-state index is 0.562. The van der Waals surface area contributed by atoms with Crippen LogP contribution in [0.2, 0.25) is 0 Å². The van der Waals surface area contributed by atoms with Crippen molar-refractivity contribution in [2.75, 3.05) is 46.9 Å². The Balaban J connectivity index is 1.89. The third-order valence-electron chi connectivity index (χ3n) is 4.67. The molecule has 0 saturated carbocycles. The van der Waals surface area contributed by atoms with E-state index in [4.69, 9.17) is 14.5 Å². The summed E-state index contributed by atoms with van der Waals surface area (Å²) in [4.78, 5) is 7.26. The highest BCUT2D eigenvalue weighted by atomic mass is 16.5. The Morgan fingerprint density at radius 2 is 1.85 bits per heavy atom. The maximum absolute atomic E-state index is 5.46. The van der Waals surface area contributed by atoms with Crippen molar-refractivity contribution in [3.05, 3.63) is 23.8 Å². The fourth-order valence-corrected chi connectivity index (χ4v) is 3.18. The summed E-state index contributed by atoms with van der Waals surface area (Å²) in [6.07, 6.45) is 5.40. The number of aliphatic imine (C=N–C) groups is 1. The molecule has 0 bridgehead atoms. The van der Waals surface area contributed by atoms with Gasteiger partial charge in [-0.3, -0.25) is 0 Å². The molecule has 0 amide bonds. The molecule has 146 valence electrons. The van der Waals surface area contributed by atoms with Crippen LogP contribution in [0.5, 0.6) is 11.5 Å². The van der Waals surface area contributed by atoms with Gasteiger partial charge in [0.2, 0.25) is 0 Å². The van der Waals surface area contributed by atoms with Crippen molar-refractivity contribution in [3.63, 3.8) is 0 Å². The topological polar surface area (TPSA) is 58.1 Å². The van der Waals surface area contributed by atoms with Crippen LogP contribution in [0.1, 0.15) is 38.2 Å². The number of benzene rings is 1. The summed E-state index contributed by atoms with van der Waals surface area (Å²) in [5.41, 5.74) is 1.04. The van der Waals surface area contributed by atoms with E-state index in [0.717, 1.165) is 42.7 Å². The quantitative estimate of drug-likeness (QED) is 0.550. The van der Waals surface area contributed by atoms with Crippen molar-refractivity contribution in [1.29, 1.82) is 0 Å². The van der Waals surface area contributed by atoms with Gasteiger partial charge in [-0.1, -0.05) is 12.8 Å². The lowest BCUT2D eigenvalue weighted by atomic mass is 10.2. The molecule has 1 saturated heterocycles. The largest absolute Gasteiger partial charge is 0.497 e. The Morgan fingerprint density at radius 1 is 1.08 bits per heavy atom. The second-order valence-corrected chi connectivity index (χ2v) is 6.56. The number of methoxy groups -OCH3 is 2. The predicted molar refractivity (Wildman–Crippen MR) is 107 cm³/mol. The minimum Gasteiger partial charge on any atom is -0.497 e. The van der Waals surface area contributed by atoms with E-state index >= 15 is 0 Å². The fraction of sp³-hybridized carbons (Fsp3) is 0.650. The van der Waals surface area contributed by atoms with Gasteiger partial charge in [-0.05, 0) is 45.0 Å². The lowest BCUT2D eigenvalue weighted by Crippen LogP contribution is -2.41. The van der Waals surface area contributed by atoms with Crippen molar-refractivity contribution in [1.82, 2.24) is 15.5 Å². The molecule has 0 aliphatic carbocycles. The first kappa shape index (κ1) is 20.4. The average Bonchev–Trinajstić information content (AvgIpc) is 2.94. The minimum atomic E-state index is 0.562. The molecular weight excluding hydrogens is 328 g/mol. The Bertz CT molecular complexity index is 555. The highest BCUT2D eigenvalue weighted by Gasteiger charge is 2.09. The van der Waals surface area contributed by atoms with Crippen molar-refractivity contribution in [2.45, 2.75) is 39.2 Å². The molecule has 0 spiro atoms. The van der Waals surface area contributed by atoms with E-state index in [1.165, 1.54) is 38.8 Å². The second-order valence-electron chi connectivity index (χ2n) is 6.56. The molecule has 1 heterocycles. The Hall–Kier alpha value is -1.95. The molecule has 6 nitrogen and oxygen atoms in total. The summed E-state index contributed by atoms with van der Waals surface area (Å²) in [5.74, 6) is 2.44. The van der Waals surface area contributed by atoms with Crippen molar-refractivity contribution >= 4 is 5.96 Å². The van der Waals surface area contributed by atoms with Crippen LogP contribution in [0, 0.1) is 0 Å². The first-order valence-corrected chi connectivity index (χ1v) is 9.72. The molecule has 0 atom stereocenters. The summed E-state index contributed by atoms with van der Waals surface area (Å²) in [6.45, 7) is 7.90. The van der Waals surface area contributed by atoms with Gasteiger partial charge in [0.25, 0.3) is 0 Å². The zero-order chi connectivity index (χ0) is 18.6. The van der Waals surface area contributed by atoms with Gasteiger partial charge >= 0.3 is 0 Å². The van der Waals surface area contributed by atoms with Crippen LogP contribution < -0.4 is 20.1 Å². The first-order valence-electron chi connectivity index (χ1n) is 9.72. The molecule has 2 rings (SSSR count). The maximum atomic E-state index is 5.46. The number of nitrogens with one attached hydrogen (secondary N) is 2. The second kappa shape index (κ2) is 11.6. The molecule has 1 aromatic carbocycles. The standard InChI is InChI=1S/C20H34N4O2/c1-4-21-20(22-11-14-24-12-7-5-6-8-13-24)23-16-17-9-10-18(25-2)15-19(17)26-3/h9-10,15H,4-8,11-14,16H2,1-3H3,(H2,21,22,23). The molecule has 1 aliphatic heterocycles. The van der Waals surface area contributed by atoms with Crippen LogP contribution >= 0.6 is 0 Å². The zero-order valence-corrected chi connectivity index (χ0v) is 16.5. The van der Waals surface area contributed by atoms with Crippen LogP contribution in [-0.4, -0.2) is 57.8 Å². The maximum Gasteiger partial charge on any atom is 0.191 e. The van der Waals surface area contributed by atoms with Gasteiger partial charge in [0.05, 0.1) is 20.8 Å². The average molecular weight is 363 g/mol. The van der Waals surface area contributed by atoms with E-state index in [0.29, 0.717) is 6.54 Å². The summed E-state index contributed by atoms with van der Waals surface area (Å²) in [5, 5.41) is 6.77. The van der Waals surface area contributed by atoms with Crippen LogP contribution in [0.4, 0.5) is 0 Å². The van der Waals surface area contributed by atoms with Gasteiger partial charge in [-0.2, -0.15) is 0 Å². The van der Waals surface area contributed by atoms with Gasteiger partial charge < -0.3 is 25.0 Å². The van der Waals surface area contributed by atoms with Gasteiger partial charge in [-0.25, -0.2) is 4.99 Å².